The standard InChI is InChI=1S/C46H85NO6Si3/c1-33(25-26-38(51-54(16,17)43(5,6)7)35(3)31-37-27-29-47-30-28-37)23-22-24-34(2)41(53-56(20,21)45(11,12)13)36(4)42(50)46(14,15)39(32-40(48)49)52-55(18,19)44(8,9)10/h25,27-31,34,36,38-39,41H,22-24,26,32H2,1-21H3,(H,48,49)/t34-,36+,38-,39-,41-/m0/s1. The maximum absolute atomic E-state index is 14.7. The first-order valence-electron chi connectivity index (χ1n) is 21.1. The zero-order chi connectivity index (χ0) is 43.9. The second-order valence-corrected chi connectivity index (χ2v) is 36.1. The van der Waals surface area contributed by atoms with Crippen molar-refractivity contribution in [1.29, 1.82) is 0 Å². The van der Waals surface area contributed by atoms with Gasteiger partial charge in [0.25, 0.3) is 0 Å². The van der Waals surface area contributed by atoms with E-state index in [1.807, 2.05) is 45.3 Å². The van der Waals surface area contributed by atoms with Crippen molar-refractivity contribution < 1.29 is 28.0 Å². The molecule has 0 radical (unpaired) electrons. The molecule has 1 aromatic rings. The van der Waals surface area contributed by atoms with Gasteiger partial charge in [-0.2, -0.15) is 0 Å². The molecule has 0 fully saturated rings. The molecule has 1 rings (SSSR count). The summed E-state index contributed by atoms with van der Waals surface area (Å²) in [6, 6.07) is 4.06. The first-order chi connectivity index (χ1) is 25.1. The summed E-state index contributed by atoms with van der Waals surface area (Å²) in [5.41, 5.74) is 2.66. The van der Waals surface area contributed by atoms with Crippen LogP contribution >= 0.6 is 0 Å². The third-order valence-corrected chi connectivity index (χ3v) is 27.0. The van der Waals surface area contributed by atoms with Gasteiger partial charge in [0.1, 0.15) is 5.78 Å². The van der Waals surface area contributed by atoms with Gasteiger partial charge in [-0.25, -0.2) is 0 Å². The highest BCUT2D eigenvalue weighted by Crippen LogP contribution is 2.44. The van der Waals surface area contributed by atoms with Crippen molar-refractivity contribution in [3.8, 4) is 0 Å². The van der Waals surface area contributed by atoms with Crippen molar-refractivity contribution in [3.05, 3.63) is 47.3 Å². The molecular weight excluding hydrogens is 747 g/mol. The van der Waals surface area contributed by atoms with Crippen LogP contribution in [-0.4, -0.2) is 65.1 Å². The molecule has 0 amide bonds. The number of carboxylic acid groups (broad SMARTS) is 1. The van der Waals surface area contributed by atoms with Crippen LogP contribution in [0.1, 0.15) is 142 Å². The summed E-state index contributed by atoms with van der Waals surface area (Å²) < 4.78 is 20.9. The number of hydrogen-bond donors (Lipinski definition) is 1. The molecule has 0 saturated carbocycles. The topological polar surface area (TPSA) is 95.0 Å². The average Bonchev–Trinajstić information content (AvgIpc) is 3.02. The van der Waals surface area contributed by atoms with Crippen LogP contribution in [0.5, 0.6) is 0 Å². The highest BCUT2D eigenvalue weighted by molar-refractivity contribution is 6.75. The van der Waals surface area contributed by atoms with E-state index in [0.29, 0.717) is 0 Å². The molecule has 0 bridgehead atoms. The van der Waals surface area contributed by atoms with Gasteiger partial charge in [0, 0.05) is 23.7 Å². The fourth-order valence-electron chi connectivity index (χ4n) is 6.21. The molecule has 1 N–H and O–H groups in total. The summed E-state index contributed by atoms with van der Waals surface area (Å²) in [6.07, 6.45) is 10.6. The van der Waals surface area contributed by atoms with Crippen molar-refractivity contribution in [3.63, 3.8) is 0 Å². The van der Waals surface area contributed by atoms with E-state index >= 15 is 0 Å². The number of carbonyl (C=O) groups is 2. The molecule has 0 unspecified atom stereocenters. The molecule has 0 spiro atoms. The molecular formula is C46H85NO6Si3. The number of aliphatic carboxylic acids is 1. The maximum Gasteiger partial charge on any atom is 0.305 e. The fourth-order valence-corrected chi connectivity index (χ4v) is 10.5. The first kappa shape index (κ1) is 52.3. The number of aromatic nitrogens is 1. The van der Waals surface area contributed by atoms with Crippen LogP contribution in [0.4, 0.5) is 0 Å². The highest BCUT2D eigenvalue weighted by atomic mass is 28.4. The zero-order valence-electron chi connectivity index (χ0n) is 39.8. The van der Waals surface area contributed by atoms with Crippen molar-refractivity contribution in [2.24, 2.45) is 17.3 Å². The Morgan fingerprint density at radius 2 is 1.23 bits per heavy atom. The monoisotopic (exact) mass is 832 g/mol. The lowest BCUT2D eigenvalue weighted by Crippen LogP contribution is -2.54. The Kier molecular flexibility index (Phi) is 18.7. The number of rotatable bonds is 21. The van der Waals surface area contributed by atoms with Crippen LogP contribution in [0.2, 0.25) is 54.4 Å². The Labute approximate surface area is 347 Å². The molecule has 0 saturated heterocycles. The number of carboxylic acids is 1. The van der Waals surface area contributed by atoms with Crippen molar-refractivity contribution in [2.75, 3.05) is 0 Å². The van der Waals surface area contributed by atoms with E-state index in [2.05, 4.69) is 140 Å². The van der Waals surface area contributed by atoms with Gasteiger partial charge in [-0.15, -0.1) is 0 Å². The minimum Gasteiger partial charge on any atom is -0.481 e. The largest absolute Gasteiger partial charge is 0.481 e. The normalized spacial score (nSPS) is 17.3. The molecule has 1 heterocycles. The number of hydrogen-bond acceptors (Lipinski definition) is 6. The van der Waals surface area contributed by atoms with Crippen LogP contribution < -0.4 is 0 Å². The number of pyridine rings is 1. The van der Waals surface area contributed by atoms with Gasteiger partial charge < -0.3 is 18.4 Å². The average molecular weight is 832 g/mol. The summed E-state index contributed by atoms with van der Waals surface area (Å²) >= 11 is 0. The Hall–Kier alpha value is -1.70. The summed E-state index contributed by atoms with van der Waals surface area (Å²) in [7, 11) is -6.69. The molecule has 0 aromatic carbocycles. The van der Waals surface area contributed by atoms with Gasteiger partial charge in [-0.1, -0.05) is 108 Å². The molecule has 10 heteroatoms. The minimum atomic E-state index is -2.38. The summed E-state index contributed by atoms with van der Waals surface area (Å²) in [5, 5.41) is 9.91. The number of Topliss-reactive ketones (excluding diaryl/α,β-unsaturated/α-hetero) is 1. The smallest absolute Gasteiger partial charge is 0.305 e. The predicted octanol–water partition coefficient (Wildman–Crippen LogP) is 13.5. The lowest BCUT2D eigenvalue weighted by molar-refractivity contribution is -0.146. The van der Waals surface area contributed by atoms with Gasteiger partial charge >= 0.3 is 5.97 Å². The zero-order valence-corrected chi connectivity index (χ0v) is 42.8. The first-order valence-corrected chi connectivity index (χ1v) is 29.8. The minimum absolute atomic E-state index is 0.0112. The van der Waals surface area contributed by atoms with E-state index < -0.39 is 48.4 Å². The second-order valence-electron chi connectivity index (χ2n) is 21.9. The van der Waals surface area contributed by atoms with Crippen molar-refractivity contribution in [2.45, 2.75) is 209 Å². The van der Waals surface area contributed by atoms with Crippen LogP contribution in [0.15, 0.2) is 41.7 Å². The van der Waals surface area contributed by atoms with E-state index in [1.54, 1.807) is 0 Å². The van der Waals surface area contributed by atoms with Crippen LogP contribution in [0.3, 0.4) is 0 Å². The van der Waals surface area contributed by atoms with Crippen molar-refractivity contribution in [1.82, 2.24) is 4.98 Å². The van der Waals surface area contributed by atoms with E-state index in [0.717, 1.165) is 31.2 Å². The Balaban J connectivity index is 3.37. The number of allylic oxidation sites excluding steroid dienone is 1. The Morgan fingerprint density at radius 1 is 0.768 bits per heavy atom. The van der Waals surface area contributed by atoms with Crippen LogP contribution in [-0.2, 0) is 22.9 Å². The molecule has 0 aliphatic carbocycles. The van der Waals surface area contributed by atoms with E-state index in [1.165, 1.54) is 11.1 Å². The van der Waals surface area contributed by atoms with E-state index in [9.17, 15) is 14.7 Å². The summed E-state index contributed by atoms with van der Waals surface area (Å²) in [6.45, 7) is 45.8. The molecule has 322 valence electrons. The Morgan fingerprint density at radius 3 is 1.70 bits per heavy atom. The second kappa shape index (κ2) is 20.0. The number of carbonyl (C=O) groups excluding carboxylic acids is 1. The third kappa shape index (κ3) is 15.2. The van der Waals surface area contributed by atoms with Crippen LogP contribution in [0, 0.1) is 17.3 Å². The van der Waals surface area contributed by atoms with Gasteiger partial charge in [0.15, 0.2) is 25.0 Å². The van der Waals surface area contributed by atoms with Gasteiger partial charge in [-0.3, -0.25) is 14.6 Å². The molecule has 1 aromatic heterocycles. The molecule has 0 aliphatic heterocycles. The van der Waals surface area contributed by atoms with Gasteiger partial charge in [0.05, 0.1) is 24.7 Å². The van der Waals surface area contributed by atoms with E-state index in [4.69, 9.17) is 13.3 Å². The van der Waals surface area contributed by atoms with Crippen LogP contribution in [0.25, 0.3) is 6.08 Å². The quantitative estimate of drug-likeness (QED) is 0.0973. The highest BCUT2D eigenvalue weighted by Gasteiger charge is 2.50. The maximum atomic E-state index is 14.7. The molecule has 0 aliphatic rings. The van der Waals surface area contributed by atoms with Crippen molar-refractivity contribution >= 4 is 42.8 Å². The predicted molar refractivity (Wildman–Crippen MR) is 246 cm³/mol. The number of nitrogens with zero attached hydrogens (tertiary/aromatic N) is 1. The van der Waals surface area contributed by atoms with Gasteiger partial charge in [0.2, 0.25) is 0 Å². The summed E-state index contributed by atoms with van der Waals surface area (Å²) in [4.78, 5) is 31.1. The molecule has 56 heavy (non-hydrogen) atoms. The molecule has 5 atom stereocenters. The fraction of sp³-hybridized carbons (Fsp3) is 0.761. The summed E-state index contributed by atoms with van der Waals surface area (Å²) in [5.74, 6) is -1.26. The molecule has 7 nitrogen and oxygen atoms in total. The SMILES string of the molecule is CC(=CC[C@H](O[Si](C)(C)C(C)(C)C)C(C)=Cc1ccncc1)CCC[C@H](C)[C@H](O[Si](C)(C)C(C)(C)C)[C@@H](C)C(=O)C(C)(C)[C@H](CC(=O)O)O[Si](C)(C)C(C)(C)C. The third-order valence-electron chi connectivity index (χ3n) is 13.5. The lowest BCUT2D eigenvalue weighted by Gasteiger charge is -2.46. The van der Waals surface area contributed by atoms with Gasteiger partial charge in [-0.05, 0) is 123 Å². The lowest BCUT2D eigenvalue weighted by atomic mass is 9.73. The Bertz CT molecular complexity index is 1480. The van der Waals surface area contributed by atoms with E-state index in [-0.39, 0.29) is 45.4 Å². The number of ketones is 1.